The molecule has 117 valence electrons. The van der Waals surface area contributed by atoms with E-state index in [1.807, 2.05) is 12.1 Å². The number of aromatic nitrogens is 1. The molecule has 1 N–H and O–H groups in total. The van der Waals surface area contributed by atoms with E-state index in [1.54, 1.807) is 28.8 Å². The number of hydrogen-bond donors (Lipinski definition) is 1. The number of fused-ring (bicyclic) bond motifs is 1. The lowest BCUT2D eigenvalue weighted by atomic mass is 10.00. The molecular weight excluding hydrogens is 310 g/mol. The SMILES string of the molecule is CC(C)Cn1[c]c(-c2ccc(Cl)cc2)c2cc(O)ccc2c1=O. The van der Waals surface area contributed by atoms with E-state index in [2.05, 4.69) is 20.0 Å². The number of phenols is 1. The van der Waals surface area contributed by atoms with Gasteiger partial charge in [0.05, 0.1) is 6.20 Å². The van der Waals surface area contributed by atoms with Crippen molar-refractivity contribution in [3.05, 3.63) is 64.0 Å². The van der Waals surface area contributed by atoms with Crippen LogP contribution in [0.1, 0.15) is 13.8 Å². The molecule has 3 aromatic rings. The predicted octanol–water partition coefficient (Wildman–Crippen LogP) is 4.48. The number of hydrogen-bond acceptors (Lipinski definition) is 2. The summed E-state index contributed by atoms with van der Waals surface area (Å²) in [5.74, 6) is 0.457. The number of halogens is 1. The molecule has 0 spiro atoms. The van der Waals surface area contributed by atoms with Crippen LogP contribution in [0.3, 0.4) is 0 Å². The lowest BCUT2D eigenvalue weighted by molar-refractivity contribution is 0.476. The third kappa shape index (κ3) is 3.10. The molecule has 4 heteroatoms. The fraction of sp³-hybridized carbons (Fsp3) is 0.211. The summed E-state index contributed by atoms with van der Waals surface area (Å²) >= 11 is 5.96. The van der Waals surface area contributed by atoms with Crippen molar-refractivity contribution in [2.45, 2.75) is 20.4 Å². The Morgan fingerprint density at radius 2 is 1.83 bits per heavy atom. The van der Waals surface area contributed by atoms with Crippen LogP contribution in [0.2, 0.25) is 5.02 Å². The zero-order valence-corrected chi connectivity index (χ0v) is 13.8. The summed E-state index contributed by atoms with van der Waals surface area (Å²) < 4.78 is 1.62. The Bertz CT molecular complexity index is 911. The summed E-state index contributed by atoms with van der Waals surface area (Å²) in [6, 6.07) is 12.2. The molecule has 0 aliphatic heterocycles. The lowest BCUT2D eigenvalue weighted by Crippen LogP contribution is -2.23. The molecule has 0 atom stereocenters. The largest absolute Gasteiger partial charge is 0.508 e. The first kappa shape index (κ1) is 15.6. The van der Waals surface area contributed by atoms with Crippen LogP contribution >= 0.6 is 11.6 Å². The molecule has 1 radical (unpaired) electrons. The molecule has 0 bridgehead atoms. The maximum atomic E-state index is 12.6. The van der Waals surface area contributed by atoms with Gasteiger partial charge in [-0.15, -0.1) is 0 Å². The van der Waals surface area contributed by atoms with Crippen molar-refractivity contribution in [1.82, 2.24) is 4.57 Å². The van der Waals surface area contributed by atoms with Gasteiger partial charge in [-0.2, -0.15) is 0 Å². The standard InChI is InChI=1S/C19H17ClNO2/c1-12(2)10-21-11-18(13-3-5-14(20)6-4-13)17-9-15(22)7-8-16(17)19(21)23/h3-9,12,22H,10H2,1-2H3. The van der Waals surface area contributed by atoms with Crippen LogP contribution in [-0.4, -0.2) is 9.67 Å². The highest BCUT2D eigenvalue weighted by molar-refractivity contribution is 6.30. The third-order valence-corrected chi connectivity index (χ3v) is 3.93. The Balaban J connectivity index is 2.33. The first-order chi connectivity index (χ1) is 11.0. The van der Waals surface area contributed by atoms with Crippen LogP contribution < -0.4 is 5.56 Å². The number of benzene rings is 2. The van der Waals surface area contributed by atoms with E-state index in [0.717, 1.165) is 11.1 Å². The van der Waals surface area contributed by atoms with Crippen LogP contribution in [0.15, 0.2) is 47.3 Å². The Morgan fingerprint density at radius 3 is 2.48 bits per heavy atom. The van der Waals surface area contributed by atoms with E-state index in [1.165, 1.54) is 6.07 Å². The first-order valence-corrected chi connectivity index (χ1v) is 7.88. The molecule has 0 fully saturated rings. The summed E-state index contributed by atoms with van der Waals surface area (Å²) in [7, 11) is 0. The maximum absolute atomic E-state index is 12.6. The van der Waals surface area contributed by atoms with Gasteiger partial charge in [0, 0.05) is 27.9 Å². The lowest BCUT2D eigenvalue weighted by Gasteiger charge is -2.14. The number of aromatic hydroxyl groups is 1. The van der Waals surface area contributed by atoms with Crippen molar-refractivity contribution in [3.8, 4) is 16.9 Å². The third-order valence-electron chi connectivity index (χ3n) is 3.68. The van der Waals surface area contributed by atoms with Crippen LogP contribution in [0.25, 0.3) is 21.9 Å². The molecule has 1 aromatic heterocycles. The van der Waals surface area contributed by atoms with E-state index in [9.17, 15) is 9.90 Å². The average Bonchev–Trinajstić information content (AvgIpc) is 2.50. The van der Waals surface area contributed by atoms with Gasteiger partial charge < -0.3 is 9.67 Å². The molecule has 0 aliphatic rings. The fourth-order valence-electron chi connectivity index (χ4n) is 2.65. The molecule has 0 amide bonds. The topological polar surface area (TPSA) is 42.2 Å². The highest BCUT2D eigenvalue weighted by Gasteiger charge is 2.12. The van der Waals surface area contributed by atoms with Crippen molar-refractivity contribution in [2.24, 2.45) is 5.92 Å². The van der Waals surface area contributed by atoms with Gasteiger partial charge in [-0.3, -0.25) is 4.79 Å². The summed E-state index contributed by atoms with van der Waals surface area (Å²) in [6.07, 6.45) is 3.20. The second-order valence-electron chi connectivity index (χ2n) is 6.03. The molecule has 0 saturated heterocycles. The van der Waals surface area contributed by atoms with Crippen LogP contribution in [-0.2, 0) is 6.54 Å². The molecule has 3 nitrogen and oxygen atoms in total. The van der Waals surface area contributed by atoms with E-state index < -0.39 is 0 Å². The molecule has 0 saturated carbocycles. The van der Waals surface area contributed by atoms with Gasteiger partial charge in [-0.1, -0.05) is 37.6 Å². The summed E-state index contributed by atoms with van der Waals surface area (Å²) in [4.78, 5) is 12.6. The Kier molecular flexibility index (Phi) is 4.14. The van der Waals surface area contributed by atoms with Crippen LogP contribution in [0.4, 0.5) is 0 Å². The molecule has 3 rings (SSSR count). The molecule has 23 heavy (non-hydrogen) atoms. The van der Waals surface area contributed by atoms with Gasteiger partial charge in [-0.25, -0.2) is 0 Å². The smallest absolute Gasteiger partial charge is 0.258 e. The molecular formula is C19H17ClNO2. The van der Waals surface area contributed by atoms with Gasteiger partial charge in [0.15, 0.2) is 0 Å². The van der Waals surface area contributed by atoms with Crippen molar-refractivity contribution < 1.29 is 5.11 Å². The van der Waals surface area contributed by atoms with Gasteiger partial charge >= 0.3 is 0 Å². The van der Waals surface area contributed by atoms with Crippen molar-refractivity contribution in [3.63, 3.8) is 0 Å². The van der Waals surface area contributed by atoms with Crippen molar-refractivity contribution in [1.29, 1.82) is 0 Å². The minimum atomic E-state index is -0.0913. The second kappa shape index (κ2) is 6.09. The monoisotopic (exact) mass is 326 g/mol. The van der Waals surface area contributed by atoms with E-state index >= 15 is 0 Å². The van der Waals surface area contributed by atoms with Crippen LogP contribution in [0.5, 0.6) is 5.75 Å². The number of pyridine rings is 1. The van der Waals surface area contributed by atoms with E-state index in [0.29, 0.717) is 28.3 Å². The number of rotatable bonds is 3. The summed E-state index contributed by atoms with van der Waals surface area (Å²) in [5, 5.41) is 11.7. The van der Waals surface area contributed by atoms with Gasteiger partial charge in [0.2, 0.25) is 0 Å². The zero-order chi connectivity index (χ0) is 16.6. The van der Waals surface area contributed by atoms with Crippen LogP contribution in [0, 0.1) is 12.1 Å². The minimum absolute atomic E-state index is 0.0913. The molecule has 0 unspecified atom stereocenters. The average molecular weight is 327 g/mol. The summed E-state index contributed by atoms with van der Waals surface area (Å²) in [5.41, 5.74) is 1.60. The van der Waals surface area contributed by atoms with Crippen molar-refractivity contribution >= 4 is 22.4 Å². The van der Waals surface area contributed by atoms with E-state index in [-0.39, 0.29) is 11.3 Å². The van der Waals surface area contributed by atoms with E-state index in [4.69, 9.17) is 11.6 Å². The normalized spacial score (nSPS) is 11.3. The highest BCUT2D eigenvalue weighted by Crippen LogP contribution is 2.29. The molecule has 2 aromatic carbocycles. The molecule has 1 heterocycles. The second-order valence-corrected chi connectivity index (χ2v) is 6.47. The Labute approximate surface area is 139 Å². The minimum Gasteiger partial charge on any atom is -0.508 e. The maximum Gasteiger partial charge on any atom is 0.258 e. The van der Waals surface area contributed by atoms with Gasteiger partial charge in [-0.05, 0) is 41.8 Å². The first-order valence-electron chi connectivity index (χ1n) is 7.50. The zero-order valence-electron chi connectivity index (χ0n) is 13.0. The fourth-order valence-corrected chi connectivity index (χ4v) is 2.77. The van der Waals surface area contributed by atoms with Crippen molar-refractivity contribution in [2.75, 3.05) is 0 Å². The Hall–Kier alpha value is -2.26. The molecule has 0 aliphatic carbocycles. The number of phenolic OH excluding ortho intramolecular Hbond substituents is 1. The number of nitrogens with zero attached hydrogens (tertiary/aromatic N) is 1. The quantitative estimate of drug-likeness (QED) is 0.771. The Morgan fingerprint density at radius 1 is 1.13 bits per heavy atom. The predicted molar refractivity (Wildman–Crippen MR) is 94.0 cm³/mol. The van der Waals surface area contributed by atoms with Gasteiger partial charge in [0.25, 0.3) is 5.56 Å². The summed E-state index contributed by atoms with van der Waals surface area (Å²) in [6.45, 7) is 4.71. The van der Waals surface area contributed by atoms with Gasteiger partial charge in [0.1, 0.15) is 5.75 Å². The highest BCUT2D eigenvalue weighted by atomic mass is 35.5.